The fraction of sp³-hybridized carbons (Fsp3) is 0.118. The number of benzene rings is 2. The summed E-state index contributed by atoms with van der Waals surface area (Å²) in [5.74, 6) is -0.525. The van der Waals surface area contributed by atoms with Crippen LogP contribution in [0.1, 0.15) is 10.4 Å². The van der Waals surface area contributed by atoms with Gasteiger partial charge in [-0.3, -0.25) is 4.72 Å². The molecule has 1 aromatic heterocycles. The minimum Gasteiger partial charge on any atom is -0.465 e. The van der Waals surface area contributed by atoms with Crippen LogP contribution in [-0.4, -0.2) is 36.3 Å². The molecule has 10 heteroatoms. The molecule has 0 aliphatic carbocycles. The Balaban J connectivity index is 1.72. The van der Waals surface area contributed by atoms with Crippen molar-refractivity contribution in [3.63, 3.8) is 0 Å². The number of aromatic nitrogens is 3. The Morgan fingerprint density at radius 3 is 2.33 bits per heavy atom. The third kappa shape index (κ3) is 4.47. The predicted molar refractivity (Wildman–Crippen MR) is 100 cm³/mol. The number of carbonyl (C=O) groups is 1. The largest absolute Gasteiger partial charge is 0.465 e. The maximum Gasteiger partial charge on any atom is 0.337 e. The zero-order valence-corrected chi connectivity index (χ0v) is 16.1. The molecule has 0 saturated carbocycles. The summed E-state index contributed by atoms with van der Waals surface area (Å²) in [6.45, 7) is 0. The monoisotopic (exact) mass is 404 g/mol. The second kappa shape index (κ2) is 7.80. The van der Waals surface area contributed by atoms with Gasteiger partial charge >= 0.3 is 5.97 Å². The number of methoxy groups -OCH3 is 1. The molecule has 0 aliphatic heterocycles. The summed E-state index contributed by atoms with van der Waals surface area (Å²) in [5.41, 5.74) is 0.705. The predicted octanol–water partition coefficient (Wildman–Crippen LogP) is 2.55. The number of nitrogens with one attached hydrogen (secondary N) is 1. The lowest BCUT2D eigenvalue weighted by Gasteiger charge is -2.09. The number of ether oxygens (including phenoxy) is 1. The number of sulfonamides is 1. The summed E-state index contributed by atoms with van der Waals surface area (Å²) in [6.07, 6.45) is 1.61. The van der Waals surface area contributed by atoms with E-state index in [1.54, 1.807) is 35.2 Å². The van der Waals surface area contributed by atoms with Crippen molar-refractivity contribution in [3.8, 4) is 0 Å². The van der Waals surface area contributed by atoms with Crippen LogP contribution in [0.4, 0.5) is 5.69 Å². The van der Waals surface area contributed by atoms with Crippen molar-refractivity contribution < 1.29 is 17.9 Å². The Morgan fingerprint density at radius 1 is 1.11 bits per heavy atom. The lowest BCUT2D eigenvalue weighted by atomic mass is 10.2. The number of hydrogen-bond donors (Lipinski definition) is 1. The summed E-state index contributed by atoms with van der Waals surface area (Å²) in [5, 5.41) is 8.53. The molecule has 27 heavy (non-hydrogen) atoms. The number of anilines is 1. The molecule has 0 fully saturated rings. The van der Waals surface area contributed by atoms with Gasteiger partial charge in [-0.05, 0) is 60.3 Å². The number of esters is 1. The Hall–Kier alpha value is -2.85. The molecule has 1 N–H and O–H groups in total. The van der Waals surface area contributed by atoms with Crippen molar-refractivity contribution in [3.05, 3.63) is 60.4 Å². The van der Waals surface area contributed by atoms with Crippen LogP contribution in [0, 0.1) is 0 Å². The zero-order valence-electron chi connectivity index (χ0n) is 14.5. The molecule has 0 bridgehead atoms. The first-order chi connectivity index (χ1) is 12.9. The van der Waals surface area contributed by atoms with Gasteiger partial charge in [0.2, 0.25) is 0 Å². The first-order valence-corrected chi connectivity index (χ1v) is 10.0. The molecule has 0 spiro atoms. The highest BCUT2D eigenvalue weighted by molar-refractivity contribution is 7.99. The second-order valence-corrected chi connectivity index (χ2v) is 8.20. The van der Waals surface area contributed by atoms with E-state index >= 15 is 0 Å². The summed E-state index contributed by atoms with van der Waals surface area (Å²) in [6, 6.07) is 12.4. The Morgan fingerprint density at radius 2 is 1.78 bits per heavy atom. The topological polar surface area (TPSA) is 103 Å². The molecule has 8 nitrogen and oxygen atoms in total. The van der Waals surface area contributed by atoms with Gasteiger partial charge in [-0.25, -0.2) is 13.2 Å². The van der Waals surface area contributed by atoms with Gasteiger partial charge in [0, 0.05) is 17.6 Å². The van der Waals surface area contributed by atoms with E-state index in [9.17, 15) is 13.2 Å². The summed E-state index contributed by atoms with van der Waals surface area (Å²) < 4.78 is 33.9. The molecule has 0 aliphatic rings. The smallest absolute Gasteiger partial charge is 0.337 e. The van der Waals surface area contributed by atoms with Crippen LogP contribution in [0.2, 0.25) is 0 Å². The van der Waals surface area contributed by atoms with E-state index in [-0.39, 0.29) is 10.5 Å². The fourth-order valence-electron chi connectivity index (χ4n) is 2.16. The molecule has 0 amide bonds. The van der Waals surface area contributed by atoms with E-state index in [1.807, 2.05) is 7.05 Å². The molecule has 0 atom stereocenters. The molecule has 0 unspecified atom stereocenters. The van der Waals surface area contributed by atoms with Gasteiger partial charge in [-0.15, -0.1) is 10.2 Å². The highest BCUT2D eigenvalue weighted by Gasteiger charge is 2.15. The van der Waals surface area contributed by atoms with Gasteiger partial charge in [0.15, 0.2) is 5.16 Å². The number of aryl methyl sites for hydroxylation is 1. The van der Waals surface area contributed by atoms with Crippen LogP contribution in [0.3, 0.4) is 0 Å². The quantitative estimate of drug-likeness (QED) is 0.630. The zero-order chi connectivity index (χ0) is 19.4. The van der Waals surface area contributed by atoms with Crippen molar-refractivity contribution in [2.75, 3.05) is 11.8 Å². The first-order valence-electron chi connectivity index (χ1n) is 7.72. The molecule has 0 radical (unpaired) electrons. The van der Waals surface area contributed by atoms with E-state index in [0.29, 0.717) is 5.69 Å². The second-order valence-electron chi connectivity index (χ2n) is 5.47. The minimum absolute atomic E-state index is 0.0488. The van der Waals surface area contributed by atoms with Gasteiger partial charge < -0.3 is 9.30 Å². The fourth-order valence-corrected chi connectivity index (χ4v) is 3.98. The molecule has 2 aromatic carbocycles. The SMILES string of the molecule is COC(=O)c1ccc(S(=O)(=O)Nc2ccc(Sc3nncn3C)cc2)cc1. The maximum absolute atomic E-state index is 12.5. The Bertz CT molecular complexity index is 1050. The highest BCUT2D eigenvalue weighted by Crippen LogP contribution is 2.27. The van der Waals surface area contributed by atoms with Crippen molar-refractivity contribution in [1.82, 2.24) is 14.8 Å². The van der Waals surface area contributed by atoms with Gasteiger partial charge in [-0.2, -0.15) is 0 Å². The molecule has 1 heterocycles. The molecule has 140 valence electrons. The van der Waals surface area contributed by atoms with E-state index in [2.05, 4.69) is 19.7 Å². The van der Waals surface area contributed by atoms with Crippen LogP contribution in [-0.2, 0) is 21.8 Å². The van der Waals surface area contributed by atoms with Gasteiger partial charge in [0.05, 0.1) is 17.6 Å². The van der Waals surface area contributed by atoms with E-state index in [1.165, 1.54) is 43.1 Å². The van der Waals surface area contributed by atoms with Gasteiger partial charge in [0.1, 0.15) is 6.33 Å². The van der Waals surface area contributed by atoms with Crippen molar-refractivity contribution in [1.29, 1.82) is 0 Å². The first kappa shape index (κ1) is 18.9. The summed E-state index contributed by atoms with van der Waals surface area (Å²) in [7, 11) is -0.659. The van der Waals surface area contributed by atoms with Crippen molar-refractivity contribution >= 4 is 33.4 Å². The third-order valence-electron chi connectivity index (χ3n) is 3.57. The number of hydrogen-bond acceptors (Lipinski definition) is 7. The van der Waals surface area contributed by atoms with Crippen molar-refractivity contribution in [2.24, 2.45) is 7.05 Å². The Labute approximate surface area is 160 Å². The summed E-state index contributed by atoms with van der Waals surface area (Å²) >= 11 is 1.42. The number of carbonyl (C=O) groups excluding carboxylic acids is 1. The Kier molecular flexibility index (Phi) is 5.47. The molecule has 3 rings (SSSR count). The maximum atomic E-state index is 12.5. The van der Waals surface area contributed by atoms with E-state index < -0.39 is 16.0 Å². The van der Waals surface area contributed by atoms with Crippen LogP contribution < -0.4 is 4.72 Å². The standard InChI is InChI=1S/C17H16N4O4S2/c1-21-11-18-19-17(21)26-14-7-5-13(6-8-14)20-27(23,24)15-9-3-12(4-10-15)16(22)25-2/h3-11,20H,1-2H3. The lowest BCUT2D eigenvalue weighted by Crippen LogP contribution is -2.13. The van der Waals surface area contributed by atoms with Gasteiger partial charge in [0.25, 0.3) is 10.0 Å². The normalized spacial score (nSPS) is 11.2. The van der Waals surface area contributed by atoms with Crippen molar-refractivity contribution in [2.45, 2.75) is 14.9 Å². The summed E-state index contributed by atoms with van der Waals surface area (Å²) in [4.78, 5) is 12.4. The van der Waals surface area contributed by atoms with E-state index in [0.717, 1.165) is 10.1 Å². The lowest BCUT2D eigenvalue weighted by molar-refractivity contribution is 0.0600. The molecular formula is C17H16N4O4S2. The van der Waals surface area contributed by atoms with Crippen LogP contribution in [0.15, 0.2) is 69.8 Å². The average molecular weight is 404 g/mol. The van der Waals surface area contributed by atoms with E-state index in [4.69, 9.17) is 0 Å². The molecule has 0 saturated heterocycles. The number of rotatable bonds is 6. The highest BCUT2D eigenvalue weighted by atomic mass is 32.2. The van der Waals surface area contributed by atoms with Crippen LogP contribution >= 0.6 is 11.8 Å². The average Bonchev–Trinajstić information content (AvgIpc) is 3.07. The third-order valence-corrected chi connectivity index (χ3v) is 6.03. The number of nitrogens with zero attached hydrogens (tertiary/aromatic N) is 3. The minimum atomic E-state index is -3.77. The van der Waals surface area contributed by atoms with Gasteiger partial charge in [-0.1, -0.05) is 0 Å². The van der Waals surface area contributed by atoms with Crippen LogP contribution in [0.25, 0.3) is 0 Å². The molecule has 3 aromatic rings. The van der Waals surface area contributed by atoms with Crippen LogP contribution in [0.5, 0.6) is 0 Å². The molecular weight excluding hydrogens is 388 g/mol.